The van der Waals surface area contributed by atoms with Crippen molar-refractivity contribution >= 4 is 35.0 Å². The summed E-state index contributed by atoms with van der Waals surface area (Å²) in [6.45, 7) is 7.96. The normalized spacial score (nSPS) is 21.4. The second-order valence-electron chi connectivity index (χ2n) is 10.2. The lowest BCUT2D eigenvalue weighted by Gasteiger charge is -2.36. The molecular formula is C27H29ClN6O4. The second-order valence-corrected chi connectivity index (χ2v) is 10.6. The number of aryl methyl sites for hydroxylation is 1. The number of ether oxygens (including phenoxy) is 3. The molecule has 10 nitrogen and oxygen atoms in total. The molecule has 6 rings (SSSR count). The first-order valence-electron chi connectivity index (χ1n) is 12.7. The second kappa shape index (κ2) is 9.68. The zero-order valence-corrected chi connectivity index (χ0v) is 22.2. The summed E-state index contributed by atoms with van der Waals surface area (Å²) < 4.78 is 17.2. The summed E-state index contributed by atoms with van der Waals surface area (Å²) in [6.07, 6.45) is 2.38. The van der Waals surface area contributed by atoms with Crippen molar-refractivity contribution < 1.29 is 19.0 Å². The zero-order valence-electron chi connectivity index (χ0n) is 21.5. The predicted octanol–water partition coefficient (Wildman–Crippen LogP) is 4.66. The van der Waals surface area contributed by atoms with Crippen LogP contribution in [0.2, 0.25) is 5.02 Å². The standard InChI is InChI=1S/C27H29ClN6O4/c1-16-11-17(7-9-29-16)24-20(28)12-21-25(32-24)34(18-8-10-33(21)13-18)26(35)31-22-5-4-6-23(30-22)36-14-19-15-37-27(2,3)38-19/h4-7,9,11-12,18-19H,8,10,13-15H2,1-3H3,(H,30,31,35)/t18-,19-/m0/s1. The van der Waals surface area contributed by atoms with Crippen molar-refractivity contribution in [3.63, 3.8) is 0 Å². The van der Waals surface area contributed by atoms with Gasteiger partial charge in [-0.1, -0.05) is 17.7 Å². The van der Waals surface area contributed by atoms with Crippen LogP contribution in [0.5, 0.6) is 5.88 Å². The fourth-order valence-corrected chi connectivity index (χ4v) is 5.39. The molecule has 0 saturated carbocycles. The molecule has 3 aliphatic heterocycles. The van der Waals surface area contributed by atoms with Crippen molar-refractivity contribution in [1.29, 1.82) is 0 Å². The highest BCUT2D eigenvalue weighted by atomic mass is 35.5. The number of halogens is 1. The molecule has 198 valence electrons. The van der Waals surface area contributed by atoms with Gasteiger partial charge in [-0.2, -0.15) is 4.98 Å². The molecule has 2 saturated heterocycles. The number of hydrogen-bond acceptors (Lipinski definition) is 8. The van der Waals surface area contributed by atoms with Gasteiger partial charge in [-0.3, -0.25) is 15.2 Å². The van der Waals surface area contributed by atoms with Crippen LogP contribution in [-0.2, 0) is 9.47 Å². The lowest BCUT2D eigenvalue weighted by Crippen LogP contribution is -2.48. The molecule has 1 N–H and O–H groups in total. The summed E-state index contributed by atoms with van der Waals surface area (Å²) in [5, 5.41) is 3.47. The molecule has 2 amide bonds. The maximum absolute atomic E-state index is 13.7. The molecule has 2 bridgehead atoms. The lowest BCUT2D eigenvalue weighted by molar-refractivity contribution is -0.141. The molecule has 11 heteroatoms. The number of amides is 2. The van der Waals surface area contributed by atoms with E-state index in [2.05, 4.69) is 20.2 Å². The van der Waals surface area contributed by atoms with Crippen molar-refractivity contribution in [3.8, 4) is 17.1 Å². The summed E-state index contributed by atoms with van der Waals surface area (Å²) in [6, 6.07) is 10.7. The van der Waals surface area contributed by atoms with Gasteiger partial charge in [0.1, 0.15) is 18.5 Å². The van der Waals surface area contributed by atoms with Crippen LogP contribution in [0.1, 0.15) is 26.0 Å². The number of pyridine rings is 3. The largest absolute Gasteiger partial charge is 0.475 e. The third kappa shape index (κ3) is 4.87. The van der Waals surface area contributed by atoms with E-state index in [0.29, 0.717) is 41.4 Å². The molecule has 0 aromatic carbocycles. The van der Waals surface area contributed by atoms with E-state index in [4.69, 9.17) is 30.8 Å². The third-order valence-corrected chi connectivity index (χ3v) is 7.15. The van der Waals surface area contributed by atoms with Gasteiger partial charge in [0.15, 0.2) is 11.6 Å². The topological polar surface area (TPSA) is 102 Å². The predicted molar refractivity (Wildman–Crippen MR) is 144 cm³/mol. The highest BCUT2D eigenvalue weighted by molar-refractivity contribution is 6.33. The number of fused-ring (bicyclic) bond motifs is 4. The number of aromatic nitrogens is 3. The van der Waals surface area contributed by atoms with Crippen LogP contribution in [-0.4, -0.2) is 65.2 Å². The van der Waals surface area contributed by atoms with Crippen molar-refractivity contribution in [2.75, 3.05) is 41.4 Å². The van der Waals surface area contributed by atoms with E-state index in [-0.39, 0.29) is 18.2 Å². The number of carbonyl (C=O) groups excluding carboxylic acids is 1. The van der Waals surface area contributed by atoms with Crippen LogP contribution in [0.4, 0.5) is 22.1 Å². The van der Waals surface area contributed by atoms with Gasteiger partial charge in [0, 0.05) is 36.6 Å². The van der Waals surface area contributed by atoms with Crippen LogP contribution in [0.25, 0.3) is 11.3 Å². The Balaban J connectivity index is 1.23. The van der Waals surface area contributed by atoms with Crippen molar-refractivity contribution in [3.05, 3.63) is 53.3 Å². The third-order valence-electron chi connectivity index (χ3n) is 6.87. The van der Waals surface area contributed by atoms with E-state index < -0.39 is 5.79 Å². The van der Waals surface area contributed by atoms with Crippen LogP contribution < -0.4 is 19.9 Å². The van der Waals surface area contributed by atoms with Crippen LogP contribution in [0, 0.1) is 6.92 Å². The van der Waals surface area contributed by atoms with Gasteiger partial charge in [-0.25, -0.2) is 9.78 Å². The first kappa shape index (κ1) is 24.8. The van der Waals surface area contributed by atoms with Gasteiger partial charge >= 0.3 is 6.03 Å². The number of anilines is 3. The van der Waals surface area contributed by atoms with E-state index in [0.717, 1.165) is 36.5 Å². The number of hydrogen-bond donors (Lipinski definition) is 1. The Morgan fingerprint density at radius 2 is 2.13 bits per heavy atom. The summed E-state index contributed by atoms with van der Waals surface area (Å²) >= 11 is 6.68. The van der Waals surface area contributed by atoms with E-state index >= 15 is 0 Å². The molecule has 3 aromatic heterocycles. The molecule has 2 fully saturated rings. The van der Waals surface area contributed by atoms with E-state index in [1.807, 2.05) is 39.0 Å². The highest BCUT2D eigenvalue weighted by Crippen LogP contribution is 2.43. The van der Waals surface area contributed by atoms with Crippen molar-refractivity contribution in [2.24, 2.45) is 0 Å². The molecular weight excluding hydrogens is 508 g/mol. The average Bonchev–Trinajstić information content (AvgIpc) is 3.46. The SMILES string of the molecule is Cc1cc(-c2nc3c(cc2Cl)N2CC[C@@H](C2)N3C(=O)Nc2cccc(OC[C@H]3COC(C)(C)O3)n2)ccn1. The Kier molecular flexibility index (Phi) is 6.33. The van der Waals surface area contributed by atoms with Crippen LogP contribution >= 0.6 is 11.6 Å². The van der Waals surface area contributed by atoms with Crippen molar-refractivity contribution in [2.45, 2.75) is 45.1 Å². The number of nitrogens with zero attached hydrogens (tertiary/aromatic N) is 5. The van der Waals surface area contributed by atoms with Crippen LogP contribution in [0.3, 0.4) is 0 Å². The first-order valence-corrected chi connectivity index (χ1v) is 13.0. The van der Waals surface area contributed by atoms with Gasteiger partial charge in [-0.15, -0.1) is 0 Å². The molecule has 38 heavy (non-hydrogen) atoms. The summed E-state index contributed by atoms with van der Waals surface area (Å²) in [5.41, 5.74) is 3.18. The molecule has 2 atom stereocenters. The lowest BCUT2D eigenvalue weighted by atomic mass is 10.1. The van der Waals surface area contributed by atoms with Crippen LogP contribution in [0.15, 0.2) is 42.6 Å². The highest BCUT2D eigenvalue weighted by Gasteiger charge is 2.41. The van der Waals surface area contributed by atoms with Gasteiger partial charge in [0.2, 0.25) is 5.88 Å². The monoisotopic (exact) mass is 536 g/mol. The summed E-state index contributed by atoms with van der Waals surface area (Å²) in [5.74, 6) is 0.741. The van der Waals surface area contributed by atoms with Gasteiger partial charge in [-0.05, 0) is 51.5 Å². The fraction of sp³-hybridized carbons (Fsp3) is 0.407. The summed E-state index contributed by atoms with van der Waals surface area (Å²) in [4.78, 5) is 31.3. The Hall–Kier alpha value is -3.47. The fourth-order valence-electron chi connectivity index (χ4n) is 5.14. The Labute approximate surface area is 225 Å². The van der Waals surface area contributed by atoms with Gasteiger partial charge < -0.3 is 19.1 Å². The smallest absolute Gasteiger partial charge is 0.329 e. The number of nitrogens with one attached hydrogen (secondary N) is 1. The van der Waals surface area contributed by atoms with E-state index in [9.17, 15) is 4.79 Å². The molecule has 0 radical (unpaired) electrons. The Morgan fingerprint density at radius 3 is 2.92 bits per heavy atom. The maximum atomic E-state index is 13.7. The molecule has 0 spiro atoms. The Morgan fingerprint density at radius 1 is 1.26 bits per heavy atom. The molecule has 6 heterocycles. The minimum absolute atomic E-state index is 0.00879. The molecule has 3 aliphatic rings. The zero-order chi connectivity index (χ0) is 26.4. The maximum Gasteiger partial charge on any atom is 0.329 e. The van der Waals surface area contributed by atoms with Gasteiger partial charge in [0.25, 0.3) is 0 Å². The Bertz CT molecular complexity index is 1390. The number of carbonyl (C=O) groups is 1. The average molecular weight is 537 g/mol. The number of urea groups is 1. The molecule has 3 aromatic rings. The van der Waals surface area contributed by atoms with Crippen molar-refractivity contribution in [1.82, 2.24) is 15.0 Å². The minimum Gasteiger partial charge on any atom is -0.475 e. The summed E-state index contributed by atoms with van der Waals surface area (Å²) in [7, 11) is 0. The van der Waals surface area contributed by atoms with Gasteiger partial charge in [0.05, 0.1) is 29.1 Å². The first-order chi connectivity index (χ1) is 18.3. The minimum atomic E-state index is -0.619. The molecule has 0 aliphatic carbocycles. The molecule has 0 unspecified atom stereocenters. The number of rotatable bonds is 5. The quantitative estimate of drug-likeness (QED) is 0.502. The van der Waals surface area contributed by atoms with E-state index in [1.54, 1.807) is 29.3 Å². The van der Waals surface area contributed by atoms with E-state index in [1.165, 1.54) is 0 Å².